The van der Waals surface area contributed by atoms with E-state index in [1.165, 1.54) is 0 Å². The molecule has 31 heavy (non-hydrogen) atoms. The predicted octanol–water partition coefficient (Wildman–Crippen LogP) is 3.19. The Morgan fingerprint density at radius 2 is 2.00 bits per heavy atom. The number of para-hydroxylation sites is 1. The zero-order valence-corrected chi connectivity index (χ0v) is 17.5. The summed E-state index contributed by atoms with van der Waals surface area (Å²) in [7, 11) is 0. The van der Waals surface area contributed by atoms with Gasteiger partial charge >= 0.3 is 6.09 Å². The normalized spacial score (nSPS) is 27.3. The third-order valence-corrected chi connectivity index (χ3v) is 6.60. The number of carbonyl (C=O) groups is 2. The SMILES string of the molecule is C[C@H]1C[C@@H](CCO)O[C@]12C(=O)N(Cc1cccc(N3CCOC3=O)c1)c1ccccc12. The highest BCUT2D eigenvalue weighted by Crippen LogP contribution is 2.53. The Hall–Kier alpha value is -2.90. The summed E-state index contributed by atoms with van der Waals surface area (Å²) < 4.78 is 11.4. The molecule has 3 heterocycles. The third-order valence-electron chi connectivity index (χ3n) is 6.60. The molecule has 1 N–H and O–H groups in total. The number of cyclic esters (lactones) is 1. The van der Waals surface area contributed by atoms with Crippen molar-refractivity contribution in [3.8, 4) is 0 Å². The Morgan fingerprint density at radius 3 is 2.77 bits per heavy atom. The molecule has 2 fully saturated rings. The van der Waals surface area contributed by atoms with E-state index in [4.69, 9.17) is 9.47 Å². The standard InChI is InChI=1S/C24H26N2O5/c1-16-13-19(9-11-27)31-24(16)20-7-2-3-8-21(20)26(22(24)28)15-17-5-4-6-18(14-17)25-10-12-30-23(25)29/h2-8,14,16,19,27H,9-13,15H2,1H3/t16-,19+,24+/m0/s1. The highest BCUT2D eigenvalue weighted by atomic mass is 16.6. The molecule has 3 aliphatic rings. The van der Waals surface area contributed by atoms with Gasteiger partial charge in [0.25, 0.3) is 5.91 Å². The van der Waals surface area contributed by atoms with Crippen molar-refractivity contribution in [2.24, 2.45) is 5.92 Å². The van der Waals surface area contributed by atoms with Crippen LogP contribution in [0.1, 0.15) is 30.9 Å². The molecule has 0 aromatic heterocycles. The summed E-state index contributed by atoms with van der Waals surface area (Å²) in [4.78, 5) is 29.1. The molecule has 0 aliphatic carbocycles. The van der Waals surface area contributed by atoms with Crippen molar-refractivity contribution < 1.29 is 24.2 Å². The number of ether oxygens (including phenoxy) is 2. The summed E-state index contributed by atoms with van der Waals surface area (Å²) in [5.41, 5.74) is 2.44. The van der Waals surface area contributed by atoms with Crippen LogP contribution in [0.2, 0.25) is 0 Å². The molecule has 3 atom stereocenters. The lowest BCUT2D eigenvalue weighted by molar-refractivity contribution is -0.146. The van der Waals surface area contributed by atoms with E-state index < -0.39 is 5.60 Å². The van der Waals surface area contributed by atoms with E-state index in [0.717, 1.165) is 28.9 Å². The van der Waals surface area contributed by atoms with Crippen LogP contribution in [-0.4, -0.2) is 43.0 Å². The predicted molar refractivity (Wildman–Crippen MR) is 115 cm³/mol. The minimum atomic E-state index is -1.01. The molecule has 7 nitrogen and oxygen atoms in total. The molecular weight excluding hydrogens is 396 g/mol. The molecule has 7 heteroatoms. The van der Waals surface area contributed by atoms with Crippen LogP contribution in [0, 0.1) is 5.92 Å². The maximum absolute atomic E-state index is 13.8. The fourth-order valence-electron chi connectivity index (χ4n) is 5.14. The van der Waals surface area contributed by atoms with Crippen molar-refractivity contribution in [3.63, 3.8) is 0 Å². The Morgan fingerprint density at radius 1 is 1.16 bits per heavy atom. The van der Waals surface area contributed by atoms with Crippen LogP contribution in [0.15, 0.2) is 48.5 Å². The fourth-order valence-corrected chi connectivity index (χ4v) is 5.14. The first-order chi connectivity index (χ1) is 15.0. The topological polar surface area (TPSA) is 79.3 Å². The summed E-state index contributed by atoms with van der Waals surface area (Å²) in [6, 6.07) is 15.5. The monoisotopic (exact) mass is 422 g/mol. The van der Waals surface area contributed by atoms with Gasteiger partial charge in [-0.2, -0.15) is 0 Å². The number of nitrogens with zero attached hydrogens (tertiary/aromatic N) is 2. The maximum atomic E-state index is 13.8. The minimum absolute atomic E-state index is 0.00778. The number of benzene rings is 2. The average molecular weight is 422 g/mol. The number of anilines is 2. The Labute approximate surface area is 181 Å². The minimum Gasteiger partial charge on any atom is -0.447 e. The van der Waals surface area contributed by atoms with E-state index in [9.17, 15) is 14.7 Å². The highest BCUT2D eigenvalue weighted by molar-refractivity contribution is 6.07. The molecule has 5 rings (SSSR count). The second-order valence-corrected chi connectivity index (χ2v) is 8.47. The number of fused-ring (bicyclic) bond motifs is 2. The summed E-state index contributed by atoms with van der Waals surface area (Å²) >= 11 is 0. The smallest absolute Gasteiger partial charge is 0.414 e. The van der Waals surface area contributed by atoms with Gasteiger partial charge in [-0.25, -0.2) is 4.79 Å². The average Bonchev–Trinajstić information content (AvgIpc) is 3.41. The Balaban J connectivity index is 1.47. The van der Waals surface area contributed by atoms with Crippen LogP contribution in [0.5, 0.6) is 0 Å². The van der Waals surface area contributed by atoms with Gasteiger partial charge in [-0.1, -0.05) is 37.3 Å². The number of aliphatic hydroxyl groups excluding tert-OH is 1. The van der Waals surface area contributed by atoms with E-state index in [-0.39, 0.29) is 30.6 Å². The molecule has 0 radical (unpaired) electrons. The number of aliphatic hydroxyl groups is 1. The first-order valence-electron chi connectivity index (χ1n) is 10.8. The van der Waals surface area contributed by atoms with Gasteiger partial charge in [0, 0.05) is 23.8 Å². The lowest BCUT2D eigenvalue weighted by atomic mass is 9.83. The van der Waals surface area contributed by atoms with Crippen LogP contribution in [0.4, 0.5) is 16.2 Å². The largest absolute Gasteiger partial charge is 0.447 e. The molecule has 0 bridgehead atoms. The van der Waals surface area contributed by atoms with Crippen molar-refractivity contribution >= 4 is 23.4 Å². The maximum Gasteiger partial charge on any atom is 0.414 e. The third kappa shape index (κ3) is 3.11. The van der Waals surface area contributed by atoms with Gasteiger partial charge in [0.1, 0.15) is 6.61 Å². The van der Waals surface area contributed by atoms with Crippen molar-refractivity contribution in [3.05, 3.63) is 59.7 Å². The molecule has 3 aliphatic heterocycles. The molecule has 1 spiro atoms. The van der Waals surface area contributed by atoms with Crippen LogP contribution < -0.4 is 9.80 Å². The van der Waals surface area contributed by atoms with Crippen LogP contribution in [0.25, 0.3) is 0 Å². The number of amides is 2. The van der Waals surface area contributed by atoms with E-state index >= 15 is 0 Å². The second kappa shape index (κ2) is 7.66. The quantitative estimate of drug-likeness (QED) is 0.801. The first-order valence-corrected chi connectivity index (χ1v) is 10.8. The number of hydrogen-bond acceptors (Lipinski definition) is 5. The van der Waals surface area contributed by atoms with Crippen molar-refractivity contribution in [2.75, 3.05) is 29.6 Å². The van der Waals surface area contributed by atoms with Gasteiger partial charge in [-0.05, 0) is 36.6 Å². The van der Waals surface area contributed by atoms with Gasteiger partial charge in [-0.3, -0.25) is 9.69 Å². The molecule has 2 saturated heterocycles. The molecule has 0 saturated carbocycles. The molecule has 162 valence electrons. The van der Waals surface area contributed by atoms with E-state index in [1.54, 1.807) is 9.80 Å². The van der Waals surface area contributed by atoms with E-state index in [1.807, 2.05) is 48.5 Å². The number of carbonyl (C=O) groups excluding carboxylic acids is 2. The van der Waals surface area contributed by atoms with Crippen LogP contribution >= 0.6 is 0 Å². The van der Waals surface area contributed by atoms with E-state index in [0.29, 0.717) is 26.1 Å². The van der Waals surface area contributed by atoms with Crippen molar-refractivity contribution in [2.45, 2.75) is 38.0 Å². The number of hydrogen-bond donors (Lipinski definition) is 1. The zero-order valence-electron chi connectivity index (χ0n) is 17.5. The van der Waals surface area contributed by atoms with E-state index in [2.05, 4.69) is 6.92 Å². The molecular formula is C24H26N2O5. The Bertz CT molecular complexity index is 1020. The van der Waals surface area contributed by atoms with Gasteiger partial charge in [0.15, 0.2) is 5.60 Å². The van der Waals surface area contributed by atoms with Gasteiger partial charge in [0.05, 0.1) is 24.9 Å². The van der Waals surface area contributed by atoms with Crippen molar-refractivity contribution in [1.29, 1.82) is 0 Å². The van der Waals surface area contributed by atoms with Crippen molar-refractivity contribution in [1.82, 2.24) is 0 Å². The second-order valence-electron chi connectivity index (χ2n) is 8.47. The first kappa shape index (κ1) is 20.0. The van der Waals surface area contributed by atoms with Gasteiger partial charge < -0.3 is 19.5 Å². The molecule has 2 aromatic rings. The summed E-state index contributed by atoms with van der Waals surface area (Å²) in [6.07, 6.45) is 0.777. The summed E-state index contributed by atoms with van der Waals surface area (Å²) in [6.45, 7) is 3.38. The summed E-state index contributed by atoms with van der Waals surface area (Å²) in [5, 5.41) is 9.37. The number of rotatable bonds is 5. The molecule has 2 aromatic carbocycles. The lowest BCUT2D eigenvalue weighted by Crippen LogP contribution is -2.43. The Kier molecular flexibility index (Phi) is 4.95. The van der Waals surface area contributed by atoms with Gasteiger partial charge in [-0.15, -0.1) is 0 Å². The zero-order chi connectivity index (χ0) is 21.6. The summed E-state index contributed by atoms with van der Waals surface area (Å²) in [5.74, 6) is -0.0546. The van der Waals surface area contributed by atoms with Gasteiger partial charge in [0.2, 0.25) is 0 Å². The highest BCUT2D eigenvalue weighted by Gasteiger charge is 2.59. The fraction of sp³-hybridized carbons (Fsp3) is 0.417. The molecule has 2 amide bonds. The van der Waals surface area contributed by atoms with Crippen LogP contribution in [-0.2, 0) is 26.4 Å². The van der Waals surface area contributed by atoms with Crippen LogP contribution in [0.3, 0.4) is 0 Å². The molecule has 0 unspecified atom stereocenters. The lowest BCUT2D eigenvalue weighted by Gasteiger charge is -2.28.